The molecule has 0 aromatic heterocycles. The van der Waals surface area contributed by atoms with Crippen molar-refractivity contribution in [3.63, 3.8) is 0 Å². The second kappa shape index (κ2) is 8.69. The van der Waals surface area contributed by atoms with Gasteiger partial charge in [0.15, 0.2) is 0 Å². The lowest BCUT2D eigenvalue weighted by atomic mass is 10.0. The van der Waals surface area contributed by atoms with E-state index in [1.54, 1.807) is 13.0 Å². The molecule has 0 fully saturated rings. The van der Waals surface area contributed by atoms with Gasteiger partial charge in [-0.2, -0.15) is 0 Å². The Balaban J connectivity index is 4.23. The van der Waals surface area contributed by atoms with Crippen molar-refractivity contribution in [1.82, 2.24) is 5.32 Å². The lowest BCUT2D eigenvalue weighted by Crippen LogP contribution is -2.46. The van der Waals surface area contributed by atoms with Gasteiger partial charge >= 0.3 is 5.97 Å². The minimum absolute atomic E-state index is 0.198. The third-order valence-electron chi connectivity index (χ3n) is 2.38. The van der Waals surface area contributed by atoms with E-state index < -0.39 is 24.0 Å². The van der Waals surface area contributed by atoms with Crippen molar-refractivity contribution < 1.29 is 19.4 Å². The number of hydrogen-bond acceptors (Lipinski definition) is 3. The fourth-order valence-corrected chi connectivity index (χ4v) is 1.39. The van der Waals surface area contributed by atoms with E-state index in [1.165, 1.54) is 0 Å². The predicted molar refractivity (Wildman–Crippen MR) is 69.2 cm³/mol. The molecule has 0 aromatic rings. The Morgan fingerprint density at radius 3 is 2.44 bits per heavy atom. The van der Waals surface area contributed by atoms with Gasteiger partial charge in [-0.15, -0.1) is 6.58 Å². The van der Waals surface area contributed by atoms with Crippen molar-refractivity contribution in [3.05, 3.63) is 12.7 Å². The average molecular weight is 257 g/mol. The van der Waals surface area contributed by atoms with E-state index in [0.717, 1.165) is 0 Å². The van der Waals surface area contributed by atoms with E-state index in [9.17, 15) is 9.59 Å². The number of carbonyl (C=O) groups is 2. The number of nitrogens with one attached hydrogen (secondary N) is 1. The summed E-state index contributed by atoms with van der Waals surface area (Å²) in [4.78, 5) is 22.7. The molecule has 0 bridgehead atoms. The predicted octanol–water partition coefficient (Wildman–Crippen LogP) is 1.58. The zero-order valence-corrected chi connectivity index (χ0v) is 11.3. The van der Waals surface area contributed by atoms with Crippen molar-refractivity contribution in [3.8, 4) is 0 Å². The lowest BCUT2D eigenvalue weighted by Gasteiger charge is -2.19. The van der Waals surface area contributed by atoms with E-state index in [4.69, 9.17) is 9.84 Å². The SMILES string of the molecule is C=CCCOC(C)C(=O)N[C@@H](CC(C)C)C(=O)O. The van der Waals surface area contributed by atoms with E-state index in [2.05, 4.69) is 11.9 Å². The summed E-state index contributed by atoms with van der Waals surface area (Å²) < 4.78 is 5.25. The van der Waals surface area contributed by atoms with Gasteiger partial charge in [-0.25, -0.2) is 4.79 Å². The smallest absolute Gasteiger partial charge is 0.326 e. The Hall–Kier alpha value is -1.36. The molecule has 1 unspecified atom stereocenters. The molecule has 0 aliphatic carbocycles. The molecule has 0 aliphatic heterocycles. The Kier molecular flexibility index (Phi) is 8.03. The van der Waals surface area contributed by atoms with Gasteiger partial charge in [0.2, 0.25) is 5.91 Å². The zero-order valence-electron chi connectivity index (χ0n) is 11.3. The summed E-state index contributed by atoms with van der Waals surface area (Å²) >= 11 is 0. The number of aliphatic carboxylic acids is 1. The minimum Gasteiger partial charge on any atom is -0.480 e. The maximum Gasteiger partial charge on any atom is 0.326 e. The second-order valence-corrected chi connectivity index (χ2v) is 4.62. The Labute approximate surface area is 108 Å². The Morgan fingerprint density at radius 1 is 1.39 bits per heavy atom. The van der Waals surface area contributed by atoms with Gasteiger partial charge in [-0.3, -0.25) is 4.79 Å². The number of carbonyl (C=O) groups excluding carboxylic acids is 1. The van der Waals surface area contributed by atoms with Gasteiger partial charge in [0.05, 0.1) is 6.61 Å². The monoisotopic (exact) mass is 257 g/mol. The van der Waals surface area contributed by atoms with Crippen LogP contribution in [-0.2, 0) is 14.3 Å². The van der Waals surface area contributed by atoms with Crippen LogP contribution in [0.25, 0.3) is 0 Å². The third kappa shape index (κ3) is 7.06. The normalized spacial score (nSPS) is 14.0. The van der Waals surface area contributed by atoms with Crippen molar-refractivity contribution in [1.29, 1.82) is 0 Å². The highest BCUT2D eigenvalue weighted by Gasteiger charge is 2.23. The summed E-state index contributed by atoms with van der Waals surface area (Å²) in [5, 5.41) is 11.5. The fourth-order valence-electron chi connectivity index (χ4n) is 1.39. The molecule has 0 spiro atoms. The van der Waals surface area contributed by atoms with Gasteiger partial charge in [0.1, 0.15) is 12.1 Å². The van der Waals surface area contributed by atoms with Crippen LogP contribution in [0.15, 0.2) is 12.7 Å². The summed E-state index contributed by atoms with van der Waals surface area (Å²) in [6.07, 6.45) is 2.11. The first-order chi connectivity index (χ1) is 8.38. The molecule has 0 saturated heterocycles. The standard InChI is InChI=1S/C13H23NO4/c1-5-6-7-18-10(4)12(15)14-11(13(16)17)8-9(2)3/h5,9-11H,1,6-8H2,2-4H3,(H,14,15)(H,16,17)/t10?,11-/m0/s1. The first kappa shape index (κ1) is 16.6. The highest BCUT2D eigenvalue weighted by molar-refractivity contribution is 5.86. The van der Waals surface area contributed by atoms with Crippen LogP contribution in [-0.4, -0.2) is 35.7 Å². The van der Waals surface area contributed by atoms with E-state index in [0.29, 0.717) is 19.4 Å². The Bertz CT molecular complexity index is 289. The van der Waals surface area contributed by atoms with Crippen molar-refractivity contribution in [2.45, 2.75) is 45.8 Å². The van der Waals surface area contributed by atoms with Crippen molar-refractivity contribution in [2.75, 3.05) is 6.61 Å². The van der Waals surface area contributed by atoms with Crippen LogP contribution in [0.4, 0.5) is 0 Å². The number of amides is 1. The number of rotatable bonds is 9. The van der Waals surface area contributed by atoms with Crippen LogP contribution < -0.4 is 5.32 Å². The van der Waals surface area contributed by atoms with Crippen LogP contribution in [0.2, 0.25) is 0 Å². The maximum absolute atomic E-state index is 11.7. The molecular weight excluding hydrogens is 234 g/mol. The lowest BCUT2D eigenvalue weighted by molar-refractivity contribution is -0.144. The highest BCUT2D eigenvalue weighted by Crippen LogP contribution is 2.05. The molecule has 5 nitrogen and oxygen atoms in total. The van der Waals surface area contributed by atoms with Gasteiger partial charge in [-0.05, 0) is 25.7 Å². The Morgan fingerprint density at radius 2 is 2.00 bits per heavy atom. The van der Waals surface area contributed by atoms with Crippen LogP contribution >= 0.6 is 0 Å². The first-order valence-electron chi connectivity index (χ1n) is 6.14. The van der Waals surface area contributed by atoms with E-state index in [1.807, 2.05) is 13.8 Å². The van der Waals surface area contributed by atoms with E-state index >= 15 is 0 Å². The molecule has 104 valence electrons. The number of hydrogen-bond donors (Lipinski definition) is 2. The largest absolute Gasteiger partial charge is 0.480 e. The molecule has 1 amide bonds. The molecule has 0 aliphatic rings. The molecule has 0 saturated carbocycles. The zero-order chi connectivity index (χ0) is 14.1. The maximum atomic E-state index is 11.7. The van der Waals surface area contributed by atoms with Gasteiger partial charge < -0.3 is 15.2 Å². The summed E-state index contributed by atoms with van der Waals surface area (Å²) in [6.45, 7) is 9.37. The van der Waals surface area contributed by atoms with Crippen molar-refractivity contribution in [2.24, 2.45) is 5.92 Å². The van der Waals surface area contributed by atoms with Crippen LogP contribution in [0, 0.1) is 5.92 Å². The van der Waals surface area contributed by atoms with Crippen LogP contribution in [0.5, 0.6) is 0 Å². The fraction of sp³-hybridized carbons (Fsp3) is 0.692. The second-order valence-electron chi connectivity index (χ2n) is 4.62. The summed E-state index contributed by atoms with van der Waals surface area (Å²) in [5.74, 6) is -1.22. The molecule has 0 radical (unpaired) electrons. The molecule has 0 aromatic carbocycles. The molecule has 0 rings (SSSR count). The molecule has 5 heteroatoms. The minimum atomic E-state index is -1.02. The first-order valence-corrected chi connectivity index (χ1v) is 6.14. The number of carboxylic acid groups (broad SMARTS) is 1. The number of ether oxygens (including phenoxy) is 1. The van der Waals surface area contributed by atoms with Gasteiger partial charge in [-0.1, -0.05) is 19.9 Å². The van der Waals surface area contributed by atoms with Gasteiger partial charge in [0, 0.05) is 0 Å². The van der Waals surface area contributed by atoms with Crippen molar-refractivity contribution >= 4 is 11.9 Å². The molecule has 0 heterocycles. The highest BCUT2D eigenvalue weighted by atomic mass is 16.5. The van der Waals surface area contributed by atoms with E-state index in [-0.39, 0.29) is 5.92 Å². The third-order valence-corrected chi connectivity index (χ3v) is 2.38. The summed E-state index contributed by atoms with van der Waals surface area (Å²) in [6, 6.07) is -0.858. The quantitative estimate of drug-likeness (QED) is 0.486. The van der Waals surface area contributed by atoms with Gasteiger partial charge in [0.25, 0.3) is 0 Å². The summed E-state index contributed by atoms with van der Waals surface area (Å²) in [5.41, 5.74) is 0. The molecule has 2 N–H and O–H groups in total. The van der Waals surface area contributed by atoms with Crippen LogP contribution in [0.1, 0.15) is 33.6 Å². The summed E-state index contributed by atoms with van der Waals surface area (Å²) in [7, 11) is 0. The average Bonchev–Trinajstić information content (AvgIpc) is 2.27. The van der Waals surface area contributed by atoms with Crippen LogP contribution in [0.3, 0.4) is 0 Å². The topological polar surface area (TPSA) is 75.6 Å². The molecular formula is C13H23NO4. The molecule has 18 heavy (non-hydrogen) atoms. The number of carboxylic acids is 1. The molecule has 2 atom stereocenters.